The van der Waals surface area contributed by atoms with Gasteiger partial charge in [0.15, 0.2) is 6.10 Å². The lowest BCUT2D eigenvalue weighted by molar-refractivity contribution is -0.160. The number of thioether (sulfide) groups is 1. The molecule has 0 spiro atoms. The van der Waals surface area contributed by atoms with Gasteiger partial charge in [-0.15, -0.1) is 0 Å². The Balaban J connectivity index is 2.03. The minimum absolute atomic E-state index is 0.217. The van der Waals surface area contributed by atoms with Crippen molar-refractivity contribution in [3.05, 3.63) is 30.3 Å². The van der Waals surface area contributed by atoms with E-state index < -0.39 is 12.1 Å². The molecule has 5 heteroatoms. The van der Waals surface area contributed by atoms with Crippen LogP contribution in [0.1, 0.15) is 19.8 Å². The van der Waals surface area contributed by atoms with Crippen LogP contribution in [0.25, 0.3) is 0 Å². The van der Waals surface area contributed by atoms with Crippen molar-refractivity contribution in [1.29, 1.82) is 0 Å². The molecule has 3 unspecified atom stereocenters. The summed E-state index contributed by atoms with van der Waals surface area (Å²) in [5.74, 6) is -0.783. The Hall–Kier alpha value is -1.04. The van der Waals surface area contributed by atoms with Gasteiger partial charge in [0, 0.05) is 17.4 Å². The predicted molar refractivity (Wildman–Crippen MR) is 77.4 cm³/mol. The molecule has 1 aromatic carbocycles. The number of carbonyl (C=O) groups is 1. The van der Waals surface area contributed by atoms with E-state index >= 15 is 0 Å². The fourth-order valence-corrected chi connectivity index (χ4v) is 3.45. The molecule has 1 fully saturated rings. The molecule has 110 valence electrons. The van der Waals surface area contributed by atoms with Crippen molar-refractivity contribution in [2.24, 2.45) is 5.92 Å². The van der Waals surface area contributed by atoms with Crippen LogP contribution in [0, 0.1) is 5.92 Å². The average Bonchev–Trinajstić information content (AvgIpc) is 2.48. The van der Waals surface area contributed by atoms with Gasteiger partial charge in [-0.05, 0) is 31.9 Å². The molecule has 1 aromatic rings. The third kappa shape index (κ3) is 3.98. The molecule has 4 nitrogen and oxygen atoms in total. The van der Waals surface area contributed by atoms with Crippen molar-refractivity contribution in [3.63, 3.8) is 0 Å². The third-order valence-corrected chi connectivity index (χ3v) is 4.50. The first-order chi connectivity index (χ1) is 9.72. The van der Waals surface area contributed by atoms with E-state index in [0.29, 0.717) is 6.61 Å². The van der Waals surface area contributed by atoms with E-state index in [-0.39, 0.29) is 18.0 Å². The van der Waals surface area contributed by atoms with Crippen molar-refractivity contribution in [1.82, 2.24) is 0 Å². The lowest BCUT2D eigenvalue weighted by Gasteiger charge is -2.33. The van der Waals surface area contributed by atoms with Crippen molar-refractivity contribution >= 4 is 17.7 Å². The molecule has 0 aliphatic carbocycles. The van der Waals surface area contributed by atoms with Gasteiger partial charge in [-0.2, -0.15) is 0 Å². The zero-order valence-corrected chi connectivity index (χ0v) is 12.3. The van der Waals surface area contributed by atoms with Crippen LogP contribution in [0.2, 0.25) is 0 Å². The molecule has 1 N–H and O–H groups in total. The molecule has 0 saturated carbocycles. The first kappa shape index (κ1) is 15.4. The maximum atomic E-state index is 11.7. The second-order valence-electron chi connectivity index (χ2n) is 4.67. The molecule has 2 rings (SSSR count). The topological polar surface area (TPSA) is 55.8 Å². The van der Waals surface area contributed by atoms with Crippen molar-refractivity contribution in [3.8, 4) is 0 Å². The van der Waals surface area contributed by atoms with Gasteiger partial charge in [-0.3, -0.25) is 0 Å². The summed E-state index contributed by atoms with van der Waals surface area (Å²) in [7, 11) is 0. The number of benzene rings is 1. The Bertz CT molecular complexity index is 423. The van der Waals surface area contributed by atoms with Gasteiger partial charge in [-0.25, -0.2) is 4.79 Å². The molecule has 1 saturated heterocycles. The number of rotatable bonds is 5. The summed E-state index contributed by atoms with van der Waals surface area (Å²) >= 11 is 1.55. The number of ether oxygens (including phenoxy) is 2. The van der Waals surface area contributed by atoms with Gasteiger partial charge >= 0.3 is 5.97 Å². The van der Waals surface area contributed by atoms with E-state index in [1.807, 2.05) is 30.3 Å². The predicted octanol–water partition coefficient (Wildman–Crippen LogP) is 2.46. The summed E-state index contributed by atoms with van der Waals surface area (Å²) in [5, 5.41) is 10.2. The van der Waals surface area contributed by atoms with E-state index in [1.165, 1.54) is 0 Å². The highest BCUT2D eigenvalue weighted by atomic mass is 32.2. The normalized spacial score (nSPS) is 24.1. The van der Waals surface area contributed by atoms with Gasteiger partial charge in [0.05, 0.1) is 6.61 Å². The number of aliphatic hydroxyl groups is 1. The Kier molecular flexibility index (Phi) is 5.88. The smallest absolute Gasteiger partial charge is 0.335 e. The summed E-state index contributed by atoms with van der Waals surface area (Å²) < 4.78 is 10.6. The van der Waals surface area contributed by atoms with E-state index in [1.54, 1.807) is 18.7 Å². The number of carbonyl (C=O) groups excluding carboxylic acids is 1. The third-order valence-electron chi connectivity index (χ3n) is 3.24. The van der Waals surface area contributed by atoms with E-state index in [2.05, 4.69) is 0 Å². The van der Waals surface area contributed by atoms with E-state index in [4.69, 9.17) is 9.47 Å². The minimum Gasteiger partial charge on any atom is -0.464 e. The van der Waals surface area contributed by atoms with Crippen molar-refractivity contribution < 1.29 is 19.4 Å². The van der Waals surface area contributed by atoms with Crippen LogP contribution in [0.5, 0.6) is 0 Å². The highest BCUT2D eigenvalue weighted by Crippen LogP contribution is 2.36. The molecular weight excluding hydrogens is 276 g/mol. The van der Waals surface area contributed by atoms with E-state index in [9.17, 15) is 9.90 Å². The molecule has 3 atom stereocenters. The molecule has 1 aliphatic heterocycles. The monoisotopic (exact) mass is 296 g/mol. The maximum Gasteiger partial charge on any atom is 0.335 e. The van der Waals surface area contributed by atoms with Crippen molar-refractivity contribution in [2.45, 2.75) is 36.2 Å². The molecule has 0 aromatic heterocycles. The van der Waals surface area contributed by atoms with Crippen molar-refractivity contribution in [2.75, 3.05) is 13.2 Å². The van der Waals surface area contributed by atoms with Gasteiger partial charge in [0.1, 0.15) is 5.44 Å². The Morgan fingerprint density at radius 3 is 2.95 bits per heavy atom. The van der Waals surface area contributed by atoms with Crippen LogP contribution in [0.15, 0.2) is 35.2 Å². The molecule has 20 heavy (non-hydrogen) atoms. The Morgan fingerprint density at radius 2 is 2.25 bits per heavy atom. The summed E-state index contributed by atoms with van der Waals surface area (Å²) in [4.78, 5) is 12.8. The number of hydrogen-bond acceptors (Lipinski definition) is 5. The van der Waals surface area contributed by atoms with Crippen LogP contribution in [0.3, 0.4) is 0 Å². The fourth-order valence-electron chi connectivity index (χ4n) is 2.24. The highest BCUT2D eigenvalue weighted by Gasteiger charge is 2.37. The summed E-state index contributed by atoms with van der Waals surface area (Å²) in [6.45, 7) is 2.68. The quantitative estimate of drug-likeness (QED) is 0.846. The second kappa shape index (κ2) is 7.67. The summed E-state index contributed by atoms with van der Waals surface area (Å²) in [5.41, 5.74) is -0.217. The maximum absolute atomic E-state index is 11.7. The van der Waals surface area contributed by atoms with Gasteiger partial charge in [0.2, 0.25) is 0 Å². The molecule has 0 amide bonds. The summed E-state index contributed by atoms with van der Waals surface area (Å²) in [6, 6.07) is 9.87. The molecular formula is C15H20O4S. The summed E-state index contributed by atoms with van der Waals surface area (Å²) in [6.07, 6.45) is 0.508. The average molecular weight is 296 g/mol. The number of aliphatic hydroxyl groups excluding tert-OH is 1. The molecule has 1 heterocycles. The minimum atomic E-state index is -1.11. The van der Waals surface area contributed by atoms with Gasteiger partial charge < -0.3 is 14.6 Å². The lowest BCUT2D eigenvalue weighted by atomic mass is 9.95. The Labute approximate surface area is 123 Å². The van der Waals surface area contributed by atoms with Gasteiger partial charge in [-0.1, -0.05) is 30.0 Å². The number of esters is 1. The number of hydrogen-bond donors (Lipinski definition) is 1. The largest absolute Gasteiger partial charge is 0.464 e. The molecule has 1 aliphatic rings. The highest BCUT2D eigenvalue weighted by molar-refractivity contribution is 7.99. The van der Waals surface area contributed by atoms with Gasteiger partial charge in [0.25, 0.3) is 0 Å². The van der Waals surface area contributed by atoms with Crippen LogP contribution in [-0.2, 0) is 14.3 Å². The lowest BCUT2D eigenvalue weighted by Crippen LogP contribution is -2.40. The Morgan fingerprint density at radius 1 is 1.50 bits per heavy atom. The zero-order chi connectivity index (χ0) is 14.4. The second-order valence-corrected chi connectivity index (χ2v) is 5.84. The molecule has 0 radical (unpaired) electrons. The van der Waals surface area contributed by atoms with Crippen LogP contribution in [-0.4, -0.2) is 35.8 Å². The zero-order valence-electron chi connectivity index (χ0n) is 11.5. The van der Waals surface area contributed by atoms with Crippen LogP contribution >= 0.6 is 11.8 Å². The van der Waals surface area contributed by atoms with E-state index in [0.717, 1.165) is 17.7 Å². The standard InChI is InChI=1S/C15H20O4S/c1-2-18-14(17)13(16)12-9-6-10-19-15(12)20-11-7-4-3-5-8-11/h3-5,7-8,12-13,15-16H,2,6,9-10H2,1H3. The van der Waals surface area contributed by atoms with Crippen LogP contribution in [0.4, 0.5) is 0 Å². The molecule has 0 bridgehead atoms. The first-order valence-corrected chi connectivity index (χ1v) is 7.78. The first-order valence-electron chi connectivity index (χ1n) is 6.90. The van der Waals surface area contributed by atoms with Crippen LogP contribution < -0.4 is 0 Å². The fraction of sp³-hybridized carbons (Fsp3) is 0.533. The SMILES string of the molecule is CCOC(=O)C(O)C1CCCOC1Sc1ccccc1.